The van der Waals surface area contributed by atoms with Gasteiger partial charge in [-0.1, -0.05) is 90.0 Å². The Morgan fingerprint density at radius 3 is 1.77 bits per heavy atom. The molecule has 0 saturated heterocycles. The predicted octanol–water partition coefficient (Wildman–Crippen LogP) is 10.6. The highest BCUT2D eigenvalue weighted by Crippen LogP contribution is 2.46. The molecule has 0 amide bonds. The molecule has 0 N–H and O–H groups in total. The van der Waals surface area contributed by atoms with E-state index in [4.69, 9.17) is 0 Å². The van der Waals surface area contributed by atoms with Crippen LogP contribution in [0.2, 0.25) is 0 Å². The van der Waals surface area contributed by atoms with Crippen LogP contribution in [0.1, 0.15) is 11.1 Å². The molecule has 0 aliphatic carbocycles. The smallest absolute Gasteiger partial charge is 0.207 e. The number of benzene rings is 7. The molecule has 7 aromatic carbocycles. The maximum Gasteiger partial charge on any atom is 0.207 e. The number of fused-ring (bicyclic) bond motifs is 5. The monoisotopic (exact) mass is 587 g/mol. The van der Waals surface area contributed by atoms with Gasteiger partial charge in [0, 0.05) is 27.9 Å². The molecular formula is C40H29NO2S. The second-order valence-corrected chi connectivity index (χ2v) is 13.5. The van der Waals surface area contributed by atoms with Crippen LogP contribution in [-0.2, 0) is 9.84 Å². The minimum absolute atomic E-state index is 0.377. The highest BCUT2D eigenvalue weighted by atomic mass is 32.2. The van der Waals surface area contributed by atoms with Gasteiger partial charge in [0.1, 0.15) is 0 Å². The Morgan fingerprint density at radius 1 is 0.477 bits per heavy atom. The summed E-state index contributed by atoms with van der Waals surface area (Å²) in [6, 6.07) is 47.7. The summed E-state index contributed by atoms with van der Waals surface area (Å²) in [5.74, 6) is 0. The first kappa shape index (κ1) is 26.4. The third-order valence-corrected chi connectivity index (χ3v) is 10.6. The Morgan fingerprint density at radius 2 is 1.07 bits per heavy atom. The summed E-state index contributed by atoms with van der Waals surface area (Å²) >= 11 is 0. The number of hydrogen-bond acceptors (Lipinski definition) is 3. The molecule has 1 aliphatic heterocycles. The van der Waals surface area contributed by atoms with Crippen molar-refractivity contribution in [1.29, 1.82) is 0 Å². The van der Waals surface area contributed by atoms with Gasteiger partial charge in [0.2, 0.25) is 9.84 Å². The van der Waals surface area contributed by atoms with Gasteiger partial charge < -0.3 is 4.90 Å². The number of anilines is 3. The molecule has 1 heterocycles. The number of hydrogen-bond donors (Lipinski definition) is 0. The van der Waals surface area contributed by atoms with Crippen LogP contribution in [0.5, 0.6) is 0 Å². The van der Waals surface area contributed by atoms with Crippen LogP contribution in [0.15, 0.2) is 149 Å². The zero-order chi connectivity index (χ0) is 30.0. The van der Waals surface area contributed by atoms with E-state index in [-0.39, 0.29) is 0 Å². The van der Waals surface area contributed by atoms with Crippen LogP contribution in [0, 0.1) is 13.8 Å². The summed E-state index contributed by atoms with van der Waals surface area (Å²) in [5.41, 5.74) is 9.32. The van der Waals surface area contributed by atoms with E-state index in [1.807, 2.05) is 24.3 Å². The third kappa shape index (κ3) is 4.14. The molecule has 3 nitrogen and oxygen atoms in total. The summed E-state index contributed by atoms with van der Waals surface area (Å²) in [6.07, 6.45) is 0. The lowest BCUT2D eigenvalue weighted by Gasteiger charge is -2.27. The zero-order valence-electron chi connectivity index (χ0n) is 24.5. The van der Waals surface area contributed by atoms with Crippen molar-refractivity contribution in [2.75, 3.05) is 4.90 Å². The van der Waals surface area contributed by atoms with E-state index in [0.29, 0.717) is 9.79 Å². The lowest BCUT2D eigenvalue weighted by molar-refractivity contribution is 0.598. The fourth-order valence-corrected chi connectivity index (χ4v) is 8.15. The van der Waals surface area contributed by atoms with E-state index in [1.54, 1.807) is 18.2 Å². The Kier molecular flexibility index (Phi) is 5.97. The van der Waals surface area contributed by atoms with Gasteiger partial charge in [-0.3, -0.25) is 0 Å². The first-order chi connectivity index (χ1) is 21.4. The summed E-state index contributed by atoms with van der Waals surface area (Å²) < 4.78 is 26.5. The van der Waals surface area contributed by atoms with E-state index >= 15 is 0 Å². The highest BCUT2D eigenvalue weighted by Gasteiger charge is 2.32. The molecular weight excluding hydrogens is 559 g/mol. The van der Waals surface area contributed by atoms with Crippen molar-refractivity contribution in [2.45, 2.75) is 23.6 Å². The maximum atomic E-state index is 13.2. The molecule has 1 aliphatic rings. The quantitative estimate of drug-likeness (QED) is 0.192. The molecule has 0 fully saturated rings. The van der Waals surface area contributed by atoms with Gasteiger partial charge in [0.15, 0.2) is 0 Å². The van der Waals surface area contributed by atoms with Gasteiger partial charge in [-0.05, 0) is 102 Å². The molecule has 44 heavy (non-hydrogen) atoms. The normalized spacial score (nSPS) is 13.1. The largest absolute Gasteiger partial charge is 0.310 e. The van der Waals surface area contributed by atoms with E-state index in [1.165, 1.54) is 11.1 Å². The van der Waals surface area contributed by atoms with Crippen molar-refractivity contribution in [3.63, 3.8) is 0 Å². The lowest BCUT2D eigenvalue weighted by Crippen LogP contribution is -2.10. The second-order valence-electron chi connectivity index (χ2n) is 11.6. The number of sulfone groups is 1. The summed E-state index contributed by atoms with van der Waals surface area (Å²) in [4.78, 5) is 3.09. The predicted molar refractivity (Wildman–Crippen MR) is 182 cm³/mol. The van der Waals surface area contributed by atoms with Crippen LogP contribution in [0.25, 0.3) is 43.8 Å². The molecule has 7 aromatic rings. The maximum absolute atomic E-state index is 13.2. The average Bonchev–Trinajstić information content (AvgIpc) is 3.27. The van der Waals surface area contributed by atoms with Gasteiger partial charge in [-0.15, -0.1) is 0 Å². The summed E-state index contributed by atoms with van der Waals surface area (Å²) in [6.45, 7) is 4.22. The molecule has 212 valence electrons. The van der Waals surface area contributed by atoms with Crippen molar-refractivity contribution >= 4 is 48.4 Å². The fourth-order valence-electron chi connectivity index (χ4n) is 6.48. The SMILES string of the molecule is Cc1ccc(N(c2ccc(C)cc2)c2cccc3cc4cccc(-c5ccc6c(c5)-c5ccccc5S6(=O)=O)c4cc23)cc1. The number of aryl methyl sites for hydroxylation is 2. The lowest BCUT2D eigenvalue weighted by atomic mass is 9.93. The molecule has 0 aromatic heterocycles. The average molecular weight is 588 g/mol. The second kappa shape index (κ2) is 9.94. The molecule has 0 unspecified atom stereocenters. The first-order valence-corrected chi connectivity index (χ1v) is 16.2. The molecule has 0 atom stereocenters. The van der Waals surface area contributed by atoms with Crippen molar-refractivity contribution in [2.24, 2.45) is 0 Å². The van der Waals surface area contributed by atoms with Crippen LogP contribution in [0.4, 0.5) is 17.1 Å². The minimum atomic E-state index is -3.51. The van der Waals surface area contributed by atoms with E-state index in [0.717, 1.165) is 60.9 Å². The Hall–Kier alpha value is -5.19. The van der Waals surface area contributed by atoms with Crippen molar-refractivity contribution in [1.82, 2.24) is 0 Å². The van der Waals surface area contributed by atoms with Gasteiger partial charge in [0.25, 0.3) is 0 Å². The molecule has 0 spiro atoms. The van der Waals surface area contributed by atoms with Crippen LogP contribution < -0.4 is 4.90 Å². The van der Waals surface area contributed by atoms with Crippen LogP contribution in [0.3, 0.4) is 0 Å². The first-order valence-electron chi connectivity index (χ1n) is 14.8. The highest BCUT2D eigenvalue weighted by molar-refractivity contribution is 7.92. The Balaban J connectivity index is 1.35. The van der Waals surface area contributed by atoms with Crippen molar-refractivity contribution in [3.05, 3.63) is 151 Å². The molecule has 4 heteroatoms. The minimum Gasteiger partial charge on any atom is -0.310 e. The topological polar surface area (TPSA) is 37.4 Å². The fraction of sp³-hybridized carbons (Fsp3) is 0.0500. The molecule has 0 bridgehead atoms. The Labute approximate surface area is 257 Å². The van der Waals surface area contributed by atoms with Crippen molar-refractivity contribution < 1.29 is 8.42 Å². The summed E-state index contributed by atoms with van der Waals surface area (Å²) in [5, 5.41) is 4.56. The van der Waals surface area contributed by atoms with Gasteiger partial charge in [-0.25, -0.2) is 8.42 Å². The van der Waals surface area contributed by atoms with Crippen molar-refractivity contribution in [3.8, 4) is 22.3 Å². The summed E-state index contributed by atoms with van der Waals surface area (Å²) in [7, 11) is -3.51. The molecule has 0 radical (unpaired) electrons. The van der Waals surface area contributed by atoms with Gasteiger partial charge >= 0.3 is 0 Å². The zero-order valence-corrected chi connectivity index (χ0v) is 25.3. The Bertz CT molecular complexity index is 2310. The van der Waals surface area contributed by atoms with Gasteiger partial charge in [0.05, 0.1) is 15.5 Å². The van der Waals surface area contributed by atoms with Crippen LogP contribution in [-0.4, -0.2) is 8.42 Å². The van der Waals surface area contributed by atoms with E-state index in [9.17, 15) is 8.42 Å². The number of rotatable bonds is 4. The standard InChI is InChI=1S/C40H29NO2S/c1-26-13-18-31(19-14-26)41(32-20-15-27(2)16-21-32)38-11-6-8-29-23-28-7-5-10-33(35(28)25-36(29)38)30-17-22-40-37(24-30)34-9-3-4-12-39(34)44(40,42)43/h3-25H,1-2H3. The van der Waals surface area contributed by atoms with E-state index < -0.39 is 9.84 Å². The molecule has 8 rings (SSSR count). The van der Waals surface area contributed by atoms with Crippen LogP contribution >= 0.6 is 0 Å². The van der Waals surface area contributed by atoms with Gasteiger partial charge in [-0.2, -0.15) is 0 Å². The number of nitrogens with zero attached hydrogens (tertiary/aromatic N) is 1. The van der Waals surface area contributed by atoms with E-state index in [2.05, 4.69) is 116 Å². The third-order valence-electron chi connectivity index (χ3n) is 8.73. The molecule has 0 saturated carbocycles.